The maximum atomic E-state index is 12.6. The lowest BCUT2D eigenvalue weighted by Gasteiger charge is -2.27. The Morgan fingerprint density at radius 1 is 1.15 bits per heavy atom. The number of benzene rings is 1. The number of nitrogens with one attached hydrogen (secondary N) is 2. The van der Waals surface area contributed by atoms with Gasteiger partial charge < -0.3 is 25.0 Å². The molecular formula is C27H27F3N6O5. The molecule has 3 aromatic rings. The quantitative estimate of drug-likeness (QED) is 0.316. The lowest BCUT2D eigenvalue weighted by Crippen LogP contribution is -2.40. The number of amides is 2. The van der Waals surface area contributed by atoms with Gasteiger partial charge in [-0.2, -0.15) is 18.3 Å². The largest absolute Gasteiger partial charge is 0.490 e. The minimum Gasteiger partial charge on any atom is -0.475 e. The number of nitrogens with zero attached hydrogens (tertiary/aromatic N) is 4. The summed E-state index contributed by atoms with van der Waals surface area (Å²) in [5.74, 6) is -2.78. The van der Waals surface area contributed by atoms with Crippen LogP contribution in [-0.2, 0) is 16.0 Å². The third-order valence-electron chi connectivity index (χ3n) is 6.29. The molecule has 4 heterocycles. The van der Waals surface area contributed by atoms with Crippen molar-refractivity contribution < 1.29 is 37.4 Å². The van der Waals surface area contributed by atoms with E-state index in [0.717, 1.165) is 29.1 Å². The van der Waals surface area contributed by atoms with Crippen LogP contribution >= 0.6 is 0 Å². The summed E-state index contributed by atoms with van der Waals surface area (Å²) in [6.07, 6.45) is -0.878. The first kappa shape index (κ1) is 29.3. The highest BCUT2D eigenvalue weighted by atomic mass is 19.4. The molecule has 0 atom stereocenters. The van der Waals surface area contributed by atoms with E-state index < -0.39 is 12.1 Å². The molecule has 0 unspecified atom stereocenters. The van der Waals surface area contributed by atoms with Crippen molar-refractivity contribution in [2.24, 2.45) is 5.10 Å². The van der Waals surface area contributed by atoms with Crippen LogP contribution in [0.1, 0.15) is 32.1 Å². The standard InChI is InChI=1S/C25H26N6O3.C2HF3O2/c1-30(20-4-2-17(3-5-20)25(33)31-10-12-34-13-11-31)28-16-19-14-18(6-8-26-19)23-15-21-22(29-23)7-9-27-24(21)32;3-2(4,5)1(6)7/h2-6,8,14-16,29H,7,9-13H2,1H3,(H,27,32);(H,6,7). The number of aromatic nitrogens is 2. The van der Waals surface area contributed by atoms with Crippen LogP contribution in [0.4, 0.5) is 18.9 Å². The molecule has 0 bridgehead atoms. The average molecular weight is 573 g/mol. The van der Waals surface area contributed by atoms with Crippen LogP contribution in [0.15, 0.2) is 53.8 Å². The SMILES string of the molecule is CN(N=Cc1cc(-c2cc3c([nH]2)CCNC3=O)ccn1)c1ccc(C(=O)N2CCOCC2)cc1.O=C(O)C(F)(F)F. The Bertz CT molecular complexity index is 1430. The highest BCUT2D eigenvalue weighted by Gasteiger charge is 2.38. The van der Waals surface area contributed by atoms with E-state index in [-0.39, 0.29) is 11.8 Å². The number of fused-ring (bicyclic) bond motifs is 1. The van der Waals surface area contributed by atoms with Crippen molar-refractivity contribution in [3.8, 4) is 11.3 Å². The molecule has 14 heteroatoms. The van der Waals surface area contributed by atoms with E-state index in [1.54, 1.807) is 17.4 Å². The number of aliphatic carboxylic acids is 1. The second-order valence-corrected chi connectivity index (χ2v) is 9.07. The highest BCUT2D eigenvalue weighted by molar-refractivity contribution is 5.98. The number of morpholine rings is 1. The number of carboxylic acids is 1. The smallest absolute Gasteiger partial charge is 0.475 e. The van der Waals surface area contributed by atoms with E-state index in [4.69, 9.17) is 14.6 Å². The number of aromatic amines is 1. The van der Waals surface area contributed by atoms with Crippen molar-refractivity contribution in [2.45, 2.75) is 12.6 Å². The molecule has 3 N–H and O–H groups in total. The molecule has 2 amide bonds. The van der Waals surface area contributed by atoms with Crippen molar-refractivity contribution in [3.05, 3.63) is 71.2 Å². The lowest BCUT2D eigenvalue weighted by molar-refractivity contribution is -0.192. The zero-order valence-corrected chi connectivity index (χ0v) is 21.9. The Morgan fingerprint density at radius 2 is 1.83 bits per heavy atom. The molecule has 1 saturated heterocycles. The molecule has 2 aromatic heterocycles. The number of alkyl halides is 3. The van der Waals surface area contributed by atoms with Crippen LogP contribution in [0.25, 0.3) is 11.3 Å². The van der Waals surface area contributed by atoms with Crippen molar-refractivity contribution in [1.82, 2.24) is 20.2 Å². The van der Waals surface area contributed by atoms with Crippen LogP contribution in [0.5, 0.6) is 0 Å². The predicted molar refractivity (Wildman–Crippen MR) is 143 cm³/mol. The van der Waals surface area contributed by atoms with Gasteiger partial charge in [-0.25, -0.2) is 4.79 Å². The summed E-state index contributed by atoms with van der Waals surface area (Å²) in [4.78, 5) is 43.1. The summed E-state index contributed by atoms with van der Waals surface area (Å²) >= 11 is 0. The number of carboxylic acid groups (broad SMARTS) is 1. The van der Waals surface area contributed by atoms with Crippen molar-refractivity contribution >= 4 is 29.7 Å². The van der Waals surface area contributed by atoms with Gasteiger partial charge in [-0.15, -0.1) is 0 Å². The molecule has 11 nitrogen and oxygen atoms in total. The fourth-order valence-corrected chi connectivity index (χ4v) is 4.12. The molecule has 0 radical (unpaired) electrons. The molecule has 41 heavy (non-hydrogen) atoms. The van der Waals surface area contributed by atoms with Gasteiger partial charge in [-0.05, 0) is 42.5 Å². The van der Waals surface area contributed by atoms with Gasteiger partial charge in [0.2, 0.25) is 0 Å². The highest BCUT2D eigenvalue weighted by Crippen LogP contribution is 2.24. The van der Waals surface area contributed by atoms with Crippen LogP contribution in [-0.4, -0.2) is 90.0 Å². The van der Waals surface area contributed by atoms with Crippen molar-refractivity contribution in [3.63, 3.8) is 0 Å². The number of pyridine rings is 1. The van der Waals surface area contributed by atoms with Gasteiger partial charge in [-0.3, -0.25) is 19.6 Å². The maximum Gasteiger partial charge on any atom is 0.490 e. The fourth-order valence-electron chi connectivity index (χ4n) is 4.12. The third kappa shape index (κ3) is 7.48. The fraction of sp³-hybridized carbons (Fsp3) is 0.296. The predicted octanol–water partition coefficient (Wildman–Crippen LogP) is 2.94. The first-order valence-corrected chi connectivity index (χ1v) is 12.5. The molecule has 5 rings (SSSR count). The molecule has 216 valence electrons. The molecule has 2 aliphatic heterocycles. The number of hydrazone groups is 1. The van der Waals surface area contributed by atoms with Gasteiger partial charge >= 0.3 is 12.1 Å². The van der Waals surface area contributed by atoms with Gasteiger partial charge in [0.15, 0.2) is 0 Å². The summed E-state index contributed by atoms with van der Waals surface area (Å²) in [6.45, 7) is 3.05. The molecular weight excluding hydrogens is 545 g/mol. The summed E-state index contributed by atoms with van der Waals surface area (Å²) in [7, 11) is 1.84. The van der Waals surface area contributed by atoms with E-state index in [0.29, 0.717) is 49.7 Å². The summed E-state index contributed by atoms with van der Waals surface area (Å²) < 4.78 is 37.1. The second kappa shape index (κ2) is 12.6. The Balaban J connectivity index is 0.000000493. The summed E-state index contributed by atoms with van der Waals surface area (Å²) in [6, 6.07) is 13.1. The Kier molecular flexibility index (Phi) is 9.02. The van der Waals surface area contributed by atoms with E-state index >= 15 is 0 Å². The van der Waals surface area contributed by atoms with Gasteiger partial charge in [0.25, 0.3) is 11.8 Å². The van der Waals surface area contributed by atoms with Crippen LogP contribution in [0, 0.1) is 0 Å². The van der Waals surface area contributed by atoms with Crippen molar-refractivity contribution in [1.29, 1.82) is 0 Å². The van der Waals surface area contributed by atoms with E-state index in [9.17, 15) is 22.8 Å². The molecule has 0 aliphatic carbocycles. The Hall–Kier alpha value is -4.72. The normalized spacial score (nSPS) is 15.0. The minimum absolute atomic E-state index is 0.0190. The molecule has 2 aliphatic rings. The van der Waals surface area contributed by atoms with Gasteiger partial charge in [-0.1, -0.05) is 0 Å². The van der Waals surface area contributed by atoms with Gasteiger partial charge in [0.05, 0.1) is 36.4 Å². The first-order valence-electron chi connectivity index (χ1n) is 12.5. The number of carbonyl (C=O) groups is 3. The number of anilines is 1. The number of halogens is 3. The van der Waals surface area contributed by atoms with Crippen LogP contribution in [0.3, 0.4) is 0 Å². The number of ether oxygens (including phenoxy) is 1. The van der Waals surface area contributed by atoms with Crippen molar-refractivity contribution in [2.75, 3.05) is 44.9 Å². The maximum absolute atomic E-state index is 12.6. The number of hydrogen-bond acceptors (Lipinski definition) is 7. The summed E-state index contributed by atoms with van der Waals surface area (Å²) in [5.41, 5.74) is 5.68. The van der Waals surface area contributed by atoms with Gasteiger partial charge in [0.1, 0.15) is 0 Å². The second-order valence-electron chi connectivity index (χ2n) is 9.07. The monoisotopic (exact) mass is 572 g/mol. The van der Waals surface area contributed by atoms with Crippen LogP contribution in [0.2, 0.25) is 0 Å². The van der Waals surface area contributed by atoms with Crippen LogP contribution < -0.4 is 10.3 Å². The molecule has 1 aromatic carbocycles. The minimum atomic E-state index is -5.08. The van der Waals surface area contributed by atoms with E-state index in [2.05, 4.69) is 20.4 Å². The lowest BCUT2D eigenvalue weighted by atomic mass is 10.1. The summed E-state index contributed by atoms with van der Waals surface area (Å²) in [5, 5.41) is 16.2. The Labute approximate surface area is 232 Å². The molecule has 1 fully saturated rings. The van der Waals surface area contributed by atoms with E-state index in [1.165, 1.54) is 0 Å². The third-order valence-corrected chi connectivity index (χ3v) is 6.29. The number of carbonyl (C=O) groups excluding carboxylic acids is 2. The first-order chi connectivity index (χ1) is 19.5. The topological polar surface area (TPSA) is 140 Å². The number of H-pyrrole nitrogens is 1. The molecule has 0 saturated carbocycles. The number of hydrogen-bond donors (Lipinski definition) is 3. The zero-order chi connectivity index (χ0) is 29.6. The van der Waals surface area contributed by atoms with E-state index in [1.807, 2.05) is 54.4 Å². The van der Waals surface area contributed by atoms with Gasteiger partial charge in [0, 0.05) is 61.8 Å². The average Bonchev–Trinajstić information content (AvgIpc) is 3.42. The number of rotatable bonds is 5. The molecule has 0 spiro atoms. The zero-order valence-electron chi connectivity index (χ0n) is 21.9. The Morgan fingerprint density at radius 3 is 2.46 bits per heavy atom.